The number of rotatable bonds is 15. The van der Waals surface area contributed by atoms with E-state index in [1.165, 1.54) is 12.0 Å². The second kappa shape index (κ2) is 18.7. The van der Waals surface area contributed by atoms with E-state index in [0.29, 0.717) is 93.2 Å². The van der Waals surface area contributed by atoms with Gasteiger partial charge in [-0.25, -0.2) is 4.57 Å². The van der Waals surface area contributed by atoms with E-state index in [1.807, 2.05) is 0 Å². The molecule has 6 aliphatic rings. The normalized spacial score (nSPS) is 44.5. The van der Waals surface area contributed by atoms with Crippen molar-refractivity contribution in [3.05, 3.63) is 30.1 Å². The number of aromatic nitrogens is 1. The van der Waals surface area contributed by atoms with E-state index in [9.17, 15) is 15.0 Å². The van der Waals surface area contributed by atoms with E-state index in [-0.39, 0.29) is 66.3 Å². The van der Waals surface area contributed by atoms with E-state index in [2.05, 4.69) is 91.9 Å². The summed E-state index contributed by atoms with van der Waals surface area (Å²) in [5.74, 6) is 3.15. The van der Waals surface area contributed by atoms with Gasteiger partial charge in [-0.05, 0) is 78.6 Å². The Balaban J connectivity index is 1.21. The minimum absolute atomic E-state index is 0.143. The van der Waals surface area contributed by atoms with Crippen molar-refractivity contribution in [3.63, 3.8) is 0 Å². The molecule has 1 aliphatic carbocycles. The van der Waals surface area contributed by atoms with Crippen LogP contribution >= 0.6 is 0 Å². The highest BCUT2D eigenvalue weighted by Gasteiger charge is 2.60. The molecule has 0 amide bonds. The molecule has 0 radical (unpaired) electrons. The van der Waals surface area contributed by atoms with Crippen molar-refractivity contribution in [2.24, 2.45) is 53.3 Å². The molecule has 1 aromatic heterocycles. The lowest BCUT2D eigenvalue weighted by Gasteiger charge is -2.36. The summed E-state index contributed by atoms with van der Waals surface area (Å²) in [4.78, 5) is 12.1. The molecule has 316 valence electrons. The van der Waals surface area contributed by atoms with Gasteiger partial charge in [0, 0.05) is 85.8 Å². The molecular weight excluding hydrogens is 707 g/mol. The molecule has 5 aliphatic heterocycles. The van der Waals surface area contributed by atoms with Crippen LogP contribution in [0.3, 0.4) is 0 Å². The minimum atomic E-state index is -0.719. The van der Waals surface area contributed by atoms with Crippen LogP contribution in [0.25, 0.3) is 0 Å². The smallest absolute Gasteiger partial charge is 0.303 e. The van der Waals surface area contributed by atoms with Crippen molar-refractivity contribution in [3.8, 4) is 0 Å². The summed E-state index contributed by atoms with van der Waals surface area (Å²) in [6.45, 7) is 18.2. The molecule has 7 rings (SSSR count). The Morgan fingerprint density at radius 2 is 1.30 bits per heavy atom. The molecule has 0 aromatic carbocycles. The van der Waals surface area contributed by atoms with Gasteiger partial charge >= 0.3 is 5.97 Å². The van der Waals surface area contributed by atoms with Crippen LogP contribution in [-0.4, -0.2) is 111 Å². The molecule has 5 saturated heterocycles. The molecule has 8 bridgehead atoms. The SMILES string of the molecule is CCC1C2CC3NC4C(CC(O)C4C3C)C3NC(C(c4cc[n+](CCOCCOCCOC)cc4)C4NC(CC(N2)C1C)C(CC)C4C)[C@@H](C)[C@@H]3CCC(=O)O. The number of nitrogens with zero attached hydrogens (tertiary/aromatic N) is 1. The first-order chi connectivity index (χ1) is 27.1. The molecule has 56 heavy (non-hydrogen) atoms. The summed E-state index contributed by atoms with van der Waals surface area (Å²) in [6.07, 6.45) is 10.3. The maximum atomic E-state index is 12.1. The number of fused-ring (bicyclic) bond motifs is 8. The predicted octanol–water partition coefficient (Wildman–Crippen LogP) is 3.97. The van der Waals surface area contributed by atoms with Gasteiger partial charge in [0.05, 0.1) is 32.5 Å². The number of nitrogens with one attached hydrogen (secondary N) is 4. The quantitative estimate of drug-likeness (QED) is 0.115. The number of aliphatic hydroxyl groups excluding tert-OH is 1. The van der Waals surface area contributed by atoms with E-state index in [0.717, 1.165) is 32.2 Å². The van der Waals surface area contributed by atoms with Gasteiger partial charge in [0.2, 0.25) is 0 Å². The second-order valence-electron chi connectivity index (χ2n) is 19.0. The lowest BCUT2D eigenvalue weighted by Crippen LogP contribution is -2.51. The number of hydrogen-bond donors (Lipinski definition) is 6. The fraction of sp³-hybridized carbons (Fsp3) is 0.867. The lowest BCUT2D eigenvalue weighted by atomic mass is 9.71. The number of carboxylic acid groups (broad SMARTS) is 1. The number of aliphatic hydroxyl groups is 1. The zero-order chi connectivity index (χ0) is 39.7. The van der Waals surface area contributed by atoms with E-state index in [4.69, 9.17) is 14.2 Å². The number of carboxylic acids is 1. The number of hydrogen-bond acceptors (Lipinski definition) is 9. The van der Waals surface area contributed by atoms with Crippen molar-refractivity contribution in [1.82, 2.24) is 21.3 Å². The summed E-state index contributed by atoms with van der Waals surface area (Å²) in [6, 6.07) is 7.24. The molecule has 6 fully saturated rings. The molecule has 0 spiro atoms. The Bertz CT molecular complexity index is 1420. The molecular formula is C45H76N5O6+. The van der Waals surface area contributed by atoms with Crippen LogP contribution in [0.15, 0.2) is 24.5 Å². The van der Waals surface area contributed by atoms with E-state index >= 15 is 0 Å². The number of ether oxygens (including phenoxy) is 3. The maximum absolute atomic E-state index is 12.1. The maximum Gasteiger partial charge on any atom is 0.303 e. The average Bonchev–Trinajstić information content (AvgIpc) is 3.94. The molecule has 19 atom stereocenters. The largest absolute Gasteiger partial charge is 0.481 e. The summed E-state index contributed by atoms with van der Waals surface area (Å²) in [5.41, 5.74) is 1.34. The lowest BCUT2D eigenvalue weighted by molar-refractivity contribution is -0.698. The molecule has 6 heterocycles. The first-order valence-corrected chi connectivity index (χ1v) is 22.6. The van der Waals surface area contributed by atoms with Crippen LogP contribution < -0.4 is 25.8 Å². The number of pyridine rings is 1. The number of carbonyl (C=O) groups is 1. The van der Waals surface area contributed by atoms with E-state index < -0.39 is 5.97 Å². The highest BCUT2D eigenvalue weighted by Crippen LogP contribution is 2.52. The molecule has 17 unspecified atom stereocenters. The van der Waals surface area contributed by atoms with Crippen LogP contribution in [0.4, 0.5) is 0 Å². The summed E-state index contributed by atoms with van der Waals surface area (Å²) in [7, 11) is 1.68. The topological polar surface area (TPSA) is 137 Å². The summed E-state index contributed by atoms with van der Waals surface area (Å²) < 4.78 is 18.7. The Labute approximate surface area is 337 Å². The summed E-state index contributed by atoms with van der Waals surface area (Å²) in [5, 5.41) is 38.9. The second-order valence-corrected chi connectivity index (χ2v) is 19.0. The van der Waals surface area contributed by atoms with Crippen LogP contribution in [0.2, 0.25) is 0 Å². The van der Waals surface area contributed by atoms with Crippen LogP contribution in [-0.2, 0) is 25.5 Å². The zero-order valence-electron chi connectivity index (χ0n) is 35.4. The third-order valence-electron chi connectivity index (χ3n) is 16.5. The fourth-order valence-corrected chi connectivity index (χ4v) is 13.6. The Morgan fingerprint density at radius 3 is 1.98 bits per heavy atom. The predicted molar refractivity (Wildman–Crippen MR) is 217 cm³/mol. The Kier molecular flexibility index (Phi) is 14.2. The first-order valence-electron chi connectivity index (χ1n) is 22.6. The fourth-order valence-electron chi connectivity index (χ4n) is 13.6. The zero-order valence-corrected chi connectivity index (χ0v) is 35.4. The number of aliphatic carboxylic acids is 1. The monoisotopic (exact) mass is 783 g/mol. The Hall–Kier alpha value is -1.70. The average molecular weight is 783 g/mol. The highest BCUT2D eigenvalue weighted by molar-refractivity contribution is 5.66. The van der Waals surface area contributed by atoms with Crippen LogP contribution in [0.1, 0.15) is 98.0 Å². The van der Waals surface area contributed by atoms with Gasteiger partial charge in [-0.3, -0.25) is 4.79 Å². The standard InChI is InChI=1S/C45H75N5O6/c1-8-30-25(3)34-23-37-31(9-2)26(4)42(48-37)41(29-12-14-50(15-13-29)16-17-55-20-21-56-19-18-54-7)43-27(5)32(10-11-39(52)53)44(49-43)33-22-38(51)40-28(6)35(47-45(33)40)24-36(30)46-34/h12-15,25-28,30-38,40-49,51H,8-11,16-24H2,1-7H3/p+1/t25?,26?,27-,28?,30?,31?,32-,33?,34?,35?,36?,37?,38?,40?,41?,42?,43?,44?,45?/m0/s1. The summed E-state index contributed by atoms with van der Waals surface area (Å²) >= 11 is 0. The Morgan fingerprint density at radius 1 is 0.714 bits per heavy atom. The van der Waals surface area contributed by atoms with Crippen LogP contribution in [0, 0.1) is 53.3 Å². The van der Waals surface area contributed by atoms with Gasteiger partial charge in [-0.1, -0.05) is 54.4 Å². The van der Waals surface area contributed by atoms with Gasteiger partial charge in [-0.2, -0.15) is 0 Å². The highest BCUT2D eigenvalue weighted by atomic mass is 16.5. The van der Waals surface area contributed by atoms with Gasteiger partial charge < -0.3 is 45.7 Å². The molecule has 11 nitrogen and oxygen atoms in total. The van der Waals surface area contributed by atoms with Crippen molar-refractivity contribution >= 4 is 5.97 Å². The van der Waals surface area contributed by atoms with Crippen molar-refractivity contribution in [2.45, 2.75) is 153 Å². The molecule has 11 heteroatoms. The van der Waals surface area contributed by atoms with Crippen molar-refractivity contribution in [1.29, 1.82) is 0 Å². The van der Waals surface area contributed by atoms with Crippen molar-refractivity contribution < 1.29 is 33.8 Å². The third-order valence-corrected chi connectivity index (χ3v) is 16.5. The first kappa shape index (κ1) is 42.4. The van der Waals surface area contributed by atoms with Crippen LogP contribution in [0.5, 0.6) is 0 Å². The van der Waals surface area contributed by atoms with Gasteiger partial charge in [0.25, 0.3) is 0 Å². The molecule has 1 aromatic rings. The van der Waals surface area contributed by atoms with E-state index in [1.54, 1.807) is 7.11 Å². The minimum Gasteiger partial charge on any atom is -0.481 e. The number of methoxy groups -OCH3 is 1. The van der Waals surface area contributed by atoms with Gasteiger partial charge in [-0.15, -0.1) is 0 Å². The van der Waals surface area contributed by atoms with Crippen molar-refractivity contribution in [2.75, 3.05) is 40.1 Å². The molecule has 1 saturated carbocycles. The van der Waals surface area contributed by atoms with Gasteiger partial charge in [0.1, 0.15) is 6.61 Å². The van der Waals surface area contributed by atoms with Gasteiger partial charge in [0.15, 0.2) is 18.9 Å². The third kappa shape index (κ3) is 8.49. The molecule has 6 N–H and O–H groups in total.